The summed E-state index contributed by atoms with van der Waals surface area (Å²) in [5.41, 5.74) is 0.401. The van der Waals surface area contributed by atoms with Crippen molar-refractivity contribution in [1.82, 2.24) is 4.57 Å². The summed E-state index contributed by atoms with van der Waals surface area (Å²) in [4.78, 5) is 25.0. The number of aromatic nitrogens is 1. The Morgan fingerprint density at radius 3 is 2.32 bits per heavy atom. The summed E-state index contributed by atoms with van der Waals surface area (Å²) in [6, 6.07) is 10.1. The van der Waals surface area contributed by atoms with E-state index in [2.05, 4.69) is 0 Å². The van der Waals surface area contributed by atoms with Gasteiger partial charge in [0.2, 0.25) is 0 Å². The fraction of sp³-hybridized carbons (Fsp3) is 0.222. The summed E-state index contributed by atoms with van der Waals surface area (Å²) in [6.45, 7) is 0.0503. The lowest BCUT2D eigenvalue weighted by Crippen LogP contribution is -2.33. The Hall–Kier alpha value is -3.22. The van der Waals surface area contributed by atoms with Gasteiger partial charge in [0.1, 0.15) is 0 Å². The van der Waals surface area contributed by atoms with Crippen LogP contribution in [0.25, 0.3) is 11.0 Å². The van der Waals surface area contributed by atoms with Crippen LogP contribution in [0.4, 0.5) is 0 Å². The van der Waals surface area contributed by atoms with Crippen LogP contribution in [0.1, 0.15) is 5.56 Å². The fourth-order valence-corrected chi connectivity index (χ4v) is 2.62. The van der Waals surface area contributed by atoms with Gasteiger partial charge in [-0.3, -0.25) is 4.79 Å². The normalized spacial score (nSPS) is 10.7. The number of hydrogen-bond donors (Lipinski definition) is 0. The van der Waals surface area contributed by atoms with Crippen LogP contribution in [-0.4, -0.2) is 25.9 Å². The molecular formula is C18H17NO6. The standard InChI is InChI=1S/C18H17NO6/c1-22-13-8-7-11(9-15(13)24-3)10-19-17(20)12-5-4-6-14(23-2)16(12)25-18(19)21/h4-9H,10H2,1-3H3. The smallest absolute Gasteiger partial charge is 0.422 e. The van der Waals surface area contributed by atoms with Gasteiger partial charge in [-0.15, -0.1) is 0 Å². The van der Waals surface area contributed by atoms with Crippen LogP contribution in [0.2, 0.25) is 0 Å². The summed E-state index contributed by atoms with van der Waals surface area (Å²) < 4.78 is 21.9. The second kappa shape index (κ2) is 6.72. The SMILES string of the molecule is COc1ccc(Cn2c(=O)oc3c(OC)cccc3c2=O)cc1OC. The number of para-hydroxylation sites is 1. The van der Waals surface area contributed by atoms with Gasteiger partial charge in [0.15, 0.2) is 22.8 Å². The Bertz CT molecular complexity index is 1030. The predicted octanol–water partition coefficient (Wildman–Crippen LogP) is 2.03. The molecule has 25 heavy (non-hydrogen) atoms. The molecule has 0 saturated heterocycles. The highest BCUT2D eigenvalue weighted by atomic mass is 16.5. The second-order valence-corrected chi connectivity index (χ2v) is 5.29. The minimum atomic E-state index is -0.753. The Balaban J connectivity index is 2.11. The van der Waals surface area contributed by atoms with Crippen molar-refractivity contribution in [2.75, 3.05) is 21.3 Å². The lowest BCUT2D eigenvalue weighted by molar-refractivity contribution is 0.354. The van der Waals surface area contributed by atoms with Gasteiger partial charge in [0, 0.05) is 0 Å². The maximum Gasteiger partial charge on any atom is 0.422 e. The molecule has 2 aromatic carbocycles. The van der Waals surface area contributed by atoms with Crippen LogP contribution in [0, 0.1) is 0 Å². The molecule has 0 atom stereocenters. The molecule has 0 aliphatic rings. The number of nitrogens with zero attached hydrogens (tertiary/aromatic N) is 1. The van der Waals surface area contributed by atoms with E-state index in [-0.39, 0.29) is 17.5 Å². The summed E-state index contributed by atoms with van der Waals surface area (Å²) in [7, 11) is 4.50. The zero-order valence-corrected chi connectivity index (χ0v) is 14.1. The van der Waals surface area contributed by atoms with Crippen molar-refractivity contribution in [3.05, 3.63) is 62.9 Å². The third-order valence-electron chi connectivity index (χ3n) is 3.87. The maximum absolute atomic E-state index is 12.7. The Kier molecular flexibility index (Phi) is 4.47. The van der Waals surface area contributed by atoms with E-state index in [4.69, 9.17) is 18.6 Å². The summed E-state index contributed by atoms with van der Waals surface area (Å²) in [5, 5.41) is 0.277. The van der Waals surface area contributed by atoms with Gasteiger partial charge in [0.25, 0.3) is 5.56 Å². The topological polar surface area (TPSA) is 79.9 Å². The average Bonchev–Trinajstić information content (AvgIpc) is 2.64. The van der Waals surface area contributed by atoms with Crippen molar-refractivity contribution in [1.29, 1.82) is 0 Å². The number of rotatable bonds is 5. The molecule has 3 rings (SSSR count). The van der Waals surface area contributed by atoms with Crippen molar-refractivity contribution >= 4 is 11.0 Å². The molecule has 0 amide bonds. The van der Waals surface area contributed by atoms with E-state index in [1.165, 1.54) is 21.3 Å². The number of benzene rings is 2. The predicted molar refractivity (Wildman–Crippen MR) is 91.9 cm³/mol. The lowest BCUT2D eigenvalue weighted by Gasteiger charge is -2.11. The van der Waals surface area contributed by atoms with E-state index in [9.17, 15) is 9.59 Å². The van der Waals surface area contributed by atoms with E-state index in [1.54, 1.807) is 36.4 Å². The molecule has 130 valence electrons. The minimum Gasteiger partial charge on any atom is -0.493 e. The van der Waals surface area contributed by atoms with Crippen LogP contribution in [0.5, 0.6) is 17.2 Å². The van der Waals surface area contributed by atoms with Gasteiger partial charge in [-0.25, -0.2) is 9.36 Å². The Morgan fingerprint density at radius 2 is 1.64 bits per heavy atom. The molecular weight excluding hydrogens is 326 g/mol. The molecule has 3 aromatic rings. The molecule has 0 radical (unpaired) electrons. The van der Waals surface area contributed by atoms with Gasteiger partial charge in [-0.05, 0) is 29.8 Å². The largest absolute Gasteiger partial charge is 0.493 e. The highest BCUT2D eigenvalue weighted by Gasteiger charge is 2.14. The van der Waals surface area contributed by atoms with Crippen LogP contribution in [0.15, 0.2) is 50.4 Å². The minimum absolute atomic E-state index is 0.0503. The third-order valence-corrected chi connectivity index (χ3v) is 3.87. The molecule has 0 fully saturated rings. The lowest BCUT2D eigenvalue weighted by atomic mass is 10.2. The van der Waals surface area contributed by atoms with Crippen molar-refractivity contribution in [3.63, 3.8) is 0 Å². The average molecular weight is 343 g/mol. The quantitative estimate of drug-likeness (QED) is 0.705. The summed E-state index contributed by atoms with van der Waals surface area (Å²) >= 11 is 0. The van der Waals surface area contributed by atoms with Gasteiger partial charge in [-0.1, -0.05) is 12.1 Å². The molecule has 7 heteroatoms. The van der Waals surface area contributed by atoms with Crippen LogP contribution < -0.4 is 25.5 Å². The van der Waals surface area contributed by atoms with E-state index >= 15 is 0 Å². The van der Waals surface area contributed by atoms with Gasteiger partial charge >= 0.3 is 5.76 Å². The van der Waals surface area contributed by atoms with Gasteiger partial charge in [0.05, 0.1) is 33.3 Å². The molecule has 0 unspecified atom stereocenters. The molecule has 7 nitrogen and oxygen atoms in total. The highest BCUT2D eigenvalue weighted by Crippen LogP contribution is 2.27. The first-order valence-electron chi connectivity index (χ1n) is 7.50. The summed E-state index contributed by atoms with van der Waals surface area (Å²) in [6.07, 6.45) is 0. The number of hydrogen-bond acceptors (Lipinski definition) is 6. The maximum atomic E-state index is 12.7. The molecule has 0 N–H and O–H groups in total. The van der Waals surface area contributed by atoms with E-state index in [0.717, 1.165) is 4.57 Å². The van der Waals surface area contributed by atoms with Crippen LogP contribution in [0.3, 0.4) is 0 Å². The van der Waals surface area contributed by atoms with E-state index in [0.29, 0.717) is 22.8 Å². The molecule has 0 saturated carbocycles. The second-order valence-electron chi connectivity index (χ2n) is 5.29. The van der Waals surface area contributed by atoms with Crippen molar-refractivity contribution in [2.45, 2.75) is 6.54 Å². The van der Waals surface area contributed by atoms with Crippen LogP contribution >= 0.6 is 0 Å². The monoisotopic (exact) mass is 343 g/mol. The van der Waals surface area contributed by atoms with E-state index in [1.807, 2.05) is 0 Å². The fourth-order valence-electron chi connectivity index (χ4n) is 2.62. The van der Waals surface area contributed by atoms with Crippen molar-refractivity contribution < 1.29 is 18.6 Å². The zero-order valence-electron chi connectivity index (χ0n) is 14.1. The molecule has 0 bridgehead atoms. The molecule has 0 spiro atoms. The number of methoxy groups -OCH3 is 3. The zero-order chi connectivity index (χ0) is 18.0. The van der Waals surface area contributed by atoms with Crippen molar-refractivity contribution in [3.8, 4) is 17.2 Å². The highest BCUT2D eigenvalue weighted by molar-refractivity contribution is 5.81. The van der Waals surface area contributed by atoms with Crippen molar-refractivity contribution in [2.24, 2.45) is 0 Å². The van der Waals surface area contributed by atoms with Crippen LogP contribution in [-0.2, 0) is 6.54 Å². The number of fused-ring (bicyclic) bond motifs is 1. The first-order chi connectivity index (χ1) is 12.1. The molecule has 0 aliphatic heterocycles. The van der Waals surface area contributed by atoms with Gasteiger partial charge in [-0.2, -0.15) is 0 Å². The molecule has 0 aliphatic carbocycles. The molecule has 1 heterocycles. The Labute approximate surface area is 143 Å². The van der Waals surface area contributed by atoms with Gasteiger partial charge < -0.3 is 18.6 Å². The first kappa shape index (κ1) is 16.6. The molecule has 1 aromatic heterocycles. The van der Waals surface area contributed by atoms with E-state index < -0.39 is 11.3 Å². The summed E-state index contributed by atoms with van der Waals surface area (Å²) in [5.74, 6) is 0.663. The number of ether oxygens (including phenoxy) is 3. The third kappa shape index (κ3) is 2.96. The Morgan fingerprint density at radius 1 is 0.920 bits per heavy atom. The first-order valence-corrected chi connectivity index (χ1v) is 7.50.